The molecule has 3 rings (SSSR count). The highest BCUT2D eigenvalue weighted by atomic mass is 79.9. The Balaban J connectivity index is 1.50. The van der Waals surface area contributed by atoms with E-state index >= 15 is 0 Å². The minimum atomic E-state index is -0.513. The molecular weight excluding hydrogens is 474 g/mol. The number of phenolic OH excluding ortho intramolecular Hbond substituents is 1. The molecule has 164 valence electrons. The van der Waals surface area contributed by atoms with Crippen LogP contribution in [0.1, 0.15) is 27.0 Å². The Labute approximate surface area is 194 Å². The van der Waals surface area contributed by atoms with Gasteiger partial charge in [0.25, 0.3) is 11.8 Å². The number of nitrogens with one attached hydrogen (secondary N) is 2. The molecule has 32 heavy (non-hydrogen) atoms. The van der Waals surface area contributed by atoms with E-state index in [-0.39, 0.29) is 23.8 Å². The number of ether oxygens (including phenoxy) is 1. The third-order valence-electron chi connectivity index (χ3n) is 4.64. The van der Waals surface area contributed by atoms with E-state index in [2.05, 4.69) is 31.8 Å². The van der Waals surface area contributed by atoms with Gasteiger partial charge in [0.15, 0.2) is 6.61 Å². The topological polar surface area (TPSA) is 100 Å². The SMILES string of the molecule is Cc1cc(Br)c(NC(=O)COc2ccc(C=NNC(=O)c3ccccc3O)cc2)cc1C. The number of aryl methyl sites for hydroxylation is 2. The molecule has 3 aromatic carbocycles. The summed E-state index contributed by atoms with van der Waals surface area (Å²) in [6.07, 6.45) is 1.46. The van der Waals surface area contributed by atoms with Crippen molar-refractivity contribution < 1.29 is 19.4 Å². The van der Waals surface area contributed by atoms with Crippen molar-refractivity contribution in [2.45, 2.75) is 13.8 Å². The van der Waals surface area contributed by atoms with E-state index in [0.717, 1.165) is 21.2 Å². The number of carbonyl (C=O) groups is 2. The summed E-state index contributed by atoms with van der Waals surface area (Å²) in [5.74, 6) is -0.377. The van der Waals surface area contributed by atoms with Crippen LogP contribution in [0.25, 0.3) is 0 Å². The van der Waals surface area contributed by atoms with Crippen molar-refractivity contribution in [1.82, 2.24) is 5.43 Å². The lowest BCUT2D eigenvalue weighted by atomic mass is 10.1. The van der Waals surface area contributed by atoms with E-state index in [1.54, 1.807) is 36.4 Å². The Morgan fingerprint density at radius 3 is 2.47 bits per heavy atom. The van der Waals surface area contributed by atoms with Gasteiger partial charge in [0.1, 0.15) is 11.5 Å². The summed E-state index contributed by atoms with van der Waals surface area (Å²) < 4.78 is 6.35. The number of amides is 2. The number of hydrazone groups is 1. The summed E-state index contributed by atoms with van der Waals surface area (Å²) in [5.41, 5.74) is 6.13. The summed E-state index contributed by atoms with van der Waals surface area (Å²) in [4.78, 5) is 24.2. The molecule has 0 aliphatic rings. The van der Waals surface area contributed by atoms with Gasteiger partial charge in [0.05, 0.1) is 17.5 Å². The molecule has 0 aliphatic heterocycles. The molecule has 0 bridgehead atoms. The molecule has 3 aromatic rings. The Morgan fingerprint density at radius 1 is 1.06 bits per heavy atom. The van der Waals surface area contributed by atoms with Gasteiger partial charge < -0.3 is 15.2 Å². The van der Waals surface area contributed by atoms with Crippen molar-refractivity contribution in [3.05, 3.63) is 87.4 Å². The zero-order chi connectivity index (χ0) is 23.1. The Hall–Kier alpha value is -3.65. The van der Waals surface area contributed by atoms with E-state index in [0.29, 0.717) is 11.4 Å². The first-order valence-corrected chi connectivity index (χ1v) is 10.5. The molecule has 0 aromatic heterocycles. The van der Waals surface area contributed by atoms with Gasteiger partial charge in [-0.25, -0.2) is 5.43 Å². The first-order chi connectivity index (χ1) is 15.3. The van der Waals surface area contributed by atoms with Crippen LogP contribution >= 0.6 is 15.9 Å². The first kappa shape index (κ1) is 23.0. The number of benzene rings is 3. The van der Waals surface area contributed by atoms with Crippen LogP contribution in [0.3, 0.4) is 0 Å². The average molecular weight is 496 g/mol. The number of nitrogens with zero attached hydrogens (tertiary/aromatic N) is 1. The van der Waals surface area contributed by atoms with Crippen LogP contribution in [0.15, 0.2) is 70.2 Å². The maximum atomic E-state index is 12.2. The Bertz CT molecular complexity index is 1160. The second kappa shape index (κ2) is 10.6. The minimum Gasteiger partial charge on any atom is -0.507 e. The third kappa shape index (κ3) is 6.18. The van der Waals surface area contributed by atoms with Crippen LogP contribution in [0, 0.1) is 13.8 Å². The third-order valence-corrected chi connectivity index (χ3v) is 5.29. The van der Waals surface area contributed by atoms with Gasteiger partial charge in [-0.15, -0.1) is 0 Å². The van der Waals surface area contributed by atoms with Crippen LogP contribution in [-0.4, -0.2) is 29.7 Å². The average Bonchev–Trinajstić information content (AvgIpc) is 2.77. The smallest absolute Gasteiger partial charge is 0.275 e. The maximum Gasteiger partial charge on any atom is 0.275 e. The van der Waals surface area contributed by atoms with Crippen LogP contribution in [-0.2, 0) is 4.79 Å². The van der Waals surface area contributed by atoms with Gasteiger partial charge in [0.2, 0.25) is 0 Å². The van der Waals surface area contributed by atoms with Gasteiger partial charge >= 0.3 is 0 Å². The quantitative estimate of drug-likeness (QED) is 0.330. The van der Waals surface area contributed by atoms with Crippen LogP contribution in [0.2, 0.25) is 0 Å². The van der Waals surface area contributed by atoms with Crippen molar-refractivity contribution in [2.24, 2.45) is 5.10 Å². The van der Waals surface area contributed by atoms with E-state index in [1.807, 2.05) is 26.0 Å². The molecule has 7 nitrogen and oxygen atoms in total. The van der Waals surface area contributed by atoms with E-state index < -0.39 is 5.91 Å². The number of carbonyl (C=O) groups excluding carboxylic acids is 2. The number of hydrogen-bond acceptors (Lipinski definition) is 5. The van der Waals surface area contributed by atoms with Crippen LogP contribution in [0.4, 0.5) is 5.69 Å². The number of rotatable bonds is 7. The first-order valence-electron chi connectivity index (χ1n) is 9.74. The normalized spacial score (nSPS) is 10.7. The summed E-state index contributed by atoms with van der Waals surface area (Å²) in [6.45, 7) is 3.85. The van der Waals surface area contributed by atoms with Crippen molar-refractivity contribution in [3.8, 4) is 11.5 Å². The number of hydrogen-bond donors (Lipinski definition) is 3. The Kier molecular flexibility index (Phi) is 7.62. The van der Waals surface area contributed by atoms with Gasteiger partial charge in [0, 0.05) is 4.47 Å². The van der Waals surface area contributed by atoms with Gasteiger partial charge in [-0.05, 0) is 95.0 Å². The molecule has 0 aliphatic carbocycles. The molecule has 0 atom stereocenters. The highest BCUT2D eigenvalue weighted by molar-refractivity contribution is 9.10. The zero-order valence-electron chi connectivity index (χ0n) is 17.6. The Morgan fingerprint density at radius 2 is 1.75 bits per heavy atom. The standard InChI is InChI=1S/C24H22BrN3O4/c1-15-11-20(25)21(12-16(15)2)27-23(30)14-32-18-9-7-17(8-10-18)13-26-28-24(31)19-5-3-4-6-22(19)29/h3-13,29H,14H2,1-2H3,(H,27,30)(H,28,31). The van der Waals surface area contributed by atoms with Crippen molar-refractivity contribution in [1.29, 1.82) is 0 Å². The summed E-state index contributed by atoms with van der Waals surface area (Å²) in [6, 6.07) is 16.9. The molecule has 0 heterocycles. The predicted octanol–water partition coefficient (Wildman–Crippen LogP) is 4.55. The second-order valence-electron chi connectivity index (χ2n) is 7.04. The van der Waals surface area contributed by atoms with E-state index in [1.165, 1.54) is 18.3 Å². The zero-order valence-corrected chi connectivity index (χ0v) is 19.1. The van der Waals surface area contributed by atoms with Crippen molar-refractivity contribution in [3.63, 3.8) is 0 Å². The molecule has 0 spiro atoms. The lowest BCUT2D eigenvalue weighted by Crippen LogP contribution is -2.20. The highest BCUT2D eigenvalue weighted by Crippen LogP contribution is 2.26. The molecule has 0 unspecified atom stereocenters. The van der Waals surface area contributed by atoms with Crippen LogP contribution in [0.5, 0.6) is 11.5 Å². The predicted molar refractivity (Wildman–Crippen MR) is 127 cm³/mol. The number of halogens is 1. The number of para-hydroxylation sites is 1. The highest BCUT2D eigenvalue weighted by Gasteiger charge is 2.09. The maximum absolute atomic E-state index is 12.2. The number of anilines is 1. The molecule has 8 heteroatoms. The molecule has 0 saturated carbocycles. The van der Waals surface area contributed by atoms with E-state index in [9.17, 15) is 14.7 Å². The van der Waals surface area contributed by atoms with Crippen LogP contribution < -0.4 is 15.5 Å². The fraction of sp³-hybridized carbons (Fsp3) is 0.125. The summed E-state index contributed by atoms with van der Waals surface area (Å²) >= 11 is 3.45. The lowest BCUT2D eigenvalue weighted by Gasteiger charge is -2.11. The lowest BCUT2D eigenvalue weighted by molar-refractivity contribution is -0.118. The second-order valence-corrected chi connectivity index (χ2v) is 7.89. The van der Waals surface area contributed by atoms with Crippen molar-refractivity contribution in [2.75, 3.05) is 11.9 Å². The van der Waals surface area contributed by atoms with Crippen molar-refractivity contribution >= 4 is 39.6 Å². The van der Waals surface area contributed by atoms with Gasteiger partial charge in [-0.3, -0.25) is 9.59 Å². The molecule has 2 amide bonds. The monoisotopic (exact) mass is 495 g/mol. The summed E-state index contributed by atoms with van der Waals surface area (Å²) in [5, 5.41) is 16.4. The summed E-state index contributed by atoms with van der Waals surface area (Å²) in [7, 11) is 0. The van der Waals surface area contributed by atoms with Gasteiger partial charge in [-0.1, -0.05) is 12.1 Å². The van der Waals surface area contributed by atoms with E-state index in [4.69, 9.17) is 4.74 Å². The number of phenols is 1. The minimum absolute atomic E-state index is 0.115. The molecule has 3 N–H and O–H groups in total. The largest absolute Gasteiger partial charge is 0.507 e. The molecular formula is C24H22BrN3O4. The van der Waals surface area contributed by atoms with Gasteiger partial charge in [-0.2, -0.15) is 5.10 Å². The number of aromatic hydroxyl groups is 1. The fourth-order valence-electron chi connectivity index (χ4n) is 2.75. The molecule has 0 saturated heterocycles. The fourth-order valence-corrected chi connectivity index (χ4v) is 3.31. The molecule has 0 fully saturated rings. The molecule has 0 radical (unpaired) electrons.